The summed E-state index contributed by atoms with van der Waals surface area (Å²) in [6.07, 6.45) is 0.164. The second-order valence-corrected chi connectivity index (χ2v) is 6.15. The number of hydrogen-bond donors (Lipinski definition) is 0. The summed E-state index contributed by atoms with van der Waals surface area (Å²) in [5.74, 6) is 1.40. The third-order valence-electron chi connectivity index (χ3n) is 3.87. The molecule has 0 spiro atoms. The number of methoxy groups -OCH3 is 2. The first-order valence-corrected chi connectivity index (χ1v) is 8.55. The molecule has 0 aliphatic heterocycles. The maximum Gasteiger partial charge on any atom is 0.310 e. The highest BCUT2D eigenvalue weighted by Gasteiger charge is 2.12. The van der Waals surface area contributed by atoms with Gasteiger partial charge in [-0.2, -0.15) is 0 Å². The monoisotopic (exact) mass is 387 g/mol. The molecule has 0 atom stereocenters. The van der Waals surface area contributed by atoms with Gasteiger partial charge >= 0.3 is 5.97 Å². The average Bonchev–Trinajstić information content (AvgIpc) is 3.16. The first kappa shape index (κ1) is 18.8. The topological polar surface area (TPSA) is 70.8 Å². The van der Waals surface area contributed by atoms with Gasteiger partial charge in [0, 0.05) is 16.7 Å². The number of benzene rings is 2. The van der Waals surface area contributed by atoms with E-state index < -0.39 is 0 Å². The van der Waals surface area contributed by atoms with Crippen LogP contribution in [0.3, 0.4) is 0 Å². The highest BCUT2D eigenvalue weighted by Crippen LogP contribution is 2.32. The highest BCUT2D eigenvalue weighted by molar-refractivity contribution is 6.30. The molecule has 3 aromatic rings. The van der Waals surface area contributed by atoms with Crippen molar-refractivity contribution in [3.8, 4) is 22.8 Å². The van der Waals surface area contributed by atoms with Crippen molar-refractivity contribution in [1.29, 1.82) is 0 Å². The Labute approximate surface area is 161 Å². The minimum Gasteiger partial charge on any atom is -0.493 e. The molecule has 6 nitrogen and oxygen atoms in total. The number of nitrogens with zero attached hydrogens (tertiary/aromatic N) is 1. The summed E-state index contributed by atoms with van der Waals surface area (Å²) in [6.45, 7) is 0.0310. The smallest absolute Gasteiger partial charge is 0.310 e. The van der Waals surface area contributed by atoms with Gasteiger partial charge in [0.2, 0.25) is 0 Å². The van der Waals surface area contributed by atoms with Crippen LogP contribution in [0.4, 0.5) is 0 Å². The molecule has 0 fully saturated rings. The number of esters is 1. The summed E-state index contributed by atoms with van der Waals surface area (Å²) in [6, 6.07) is 14.2. The Bertz CT molecular complexity index is 920. The Hall–Kier alpha value is -2.99. The van der Waals surface area contributed by atoms with E-state index in [9.17, 15) is 4.79 Å². The molecule has 0 saturated heterocycles. The summed E-state index contributed by atoms with van der Waals surface area (Å²) in [4.78, 5) is 12.0. The predicted octanol–water partition coefficient (Wildman–Crippen LogP) is 4.30. The van der Waals surface area contributed by atoms with Gasteiger partial charge in [-0.1, -0.05) is 28.9 Å². The van der Waals surface area contributed by atoms with Gasteiger partial charge in [-0.3, -0.25) is 4.79 Å². The number of aromatic nitrogens is 1. The van der Waals surface area contributed by atoms with E-state index in [1.54, 1.807) is 56.7 Å². The van der Waals surface area contributed by atoms with Crippen LogP contribution in [0.15, 0.2) is 53.1 Å². The van der Waals surface area contributed by atoms with Gasteiger partial charge in [-0.05, 0) is 35.9 Å². The fraction of sp³-hybridized carbons (Fsp3) is 0.200. The predicted molar refractivity (Wildman–Crippen MR) is 100.0 cm³/mol. The summed E-state index contributed by atoms with van der Waals surface area (Å²) < 4.78 is 21.1. The lowest BCUT2D eigenvalue weighted by Gasteiger charge is -2.07. The molecule has 0 N–H and O–H groups in total. The van der Waals surface area contributed by atoms with E-state index in [2.05, 4.69) is 5.16 Å². The normalized spacial score (nSPS) is 10.5. The molecule has 0 bridgehead atoms. The van der Waals surface area contributed by atoms with E-state index in [0.29, 0.717) is 28.0 Å². The van der Waals surface area contributed by atoms with Crippen molar-refractivity contribution in [3.05, 3.63) is 64.8 Å². The Morgan fingerprint density at radius 2 is 1.78 bits per heavy atom. The van der Waals surface area contributed by atoms with E-state index in [-0.39, 0.29) is 19.0 Å². The lowest BCUT2D eigenvalue weighted by molar-refractivity contribution is -0.144. The maximum absolute atomic E-state index is 12.0. The standard InChI is InChI=1S/C20H18ClNO5/c1-24-17-8-5-14(10-19(17)25-2)18-11-16(22-27-18)12-26-20(23)9-13-3-6-15(21)7-4-13/h3-8,10-11H,9,12H2,1-2H3. The van der Waals surface area contributed by atoms with Crippen molar-refractivity contribution in [2.24, 2.45) is 0 Å². The Balaban J connectivity index is 1.61. The minimum absolute atomic E-state index is 0.0310. The zero-order chi connectivity index (χ0) is 19.2. The van der Waals surface area contributed by atoms with E-state index in [4.69, 9.17) is 30.3 Å². The fourth-order valence-electron chi connectivity index (χ4n) is 2.48. The van der Waals surface area contributed by atoms with Gasteiger partial charge in [0.05, 0.1) is 20.6 Å². The molecule has 3 rings (SSSR count). The molecular formula is C20H18ClNO5. The van der Waals surface area contributed by atoms with E-state index in [0.717, 1.165) is 11.1 Å². The summed E-state index contributed by atoms with van der Waals surface area (Å²) in [5, 5.41) is 4.56. The van der Waals surface area contributed by atoms with Gasteiger partial charge in [-0.25, -0.2) is 0 Å². The quantitative estimate of drug-likeness (QED) is 0.563. The second kappa shape index (κ2) is 8.60. The first-order chi connectivity index (χ1) is 13.1. The number of halogens is 1. The van der Waals surface area contributed by atoms with E-state index in [1.165, 1.54) is 0 Å². The molecule has 140 valence electrons. The van der Waals surface area contributed by atoms with Crippen LogP contribution in [0.25, 0.3) is 11.3 Å². The molecule has 1 heterocycles. The van der Waals surface area contributed by atoms with Crippen molar-refractivity contribution >= 4 is 17.6 Å². The van der Waals surface area contributed by atoms with Gasteiger partial charge < -0.3 is 18.7 Å². The number of ether oxygens (including phenoxy) is 3. The molecule has 7 heteroatoms. The summed E-state index contributed by atoms with van der Waals surface area (Å²) >= 11 is 5.83. The molecule has 27 heavy (non-hydrogen) atoms. The molecule has 2 aromatic carbocycles. The molecule has 0 radical (unpaired) electrons. The van der Waals surface area contributed by atoms with Crippen molar-refractivity contribution in [2.45, 2.75) is 13.0 Å². The largest absolute Gasteiger partial charge is 0.493 e. The Morgan fingerprint density at radius 1 is 1.04 bits per heavy atom. The fourth-order valence-corrected chi connectivity index (χ4v) is 2.61. The Morgan fingerprint density at radius 3 is 2.48 bits per heavy atom. The van der Waals surface area contributed by atoms with Crippen molar-refractivity contribution in [3.63, 3.8) is 0 Å². The van der Waals surface area contributed by atoms with E-state index in [1.807, 2.05) is 6.07 Å². The lowest BCUT2D eigenvalue weighted by atomic mass is 10.1. The molecule has 0 saturated carbocycles. The highest BCUT2D eigenvalue weighted by atomic mass is 35.5. The zero-order valence-electron chi connectivity index (χ0n) is 14.9. The van der Waals surface area contributed by atoms with Crippen molar-refractivity contribution in [1.82, 2.24) is 5.16 Å². The molecule has 0 amide bonds. The lowest BCUT2D eigenvalue weighted by Crippen LogP contribution is -2.08. The van der Waals surface area contributed by atoms with Crippen molar-refractivity contribution in [2.75, 3.05) is 14.2 Å². The van der Waals surface area contributed by atoms with Gasteiger partial charge in [-0.15, -0.1) is 0 Å². The van der Waals surface area contributed by atoms with Crippen LogP contribution in [-0.4, -0.2) is 25.3 Å². The van der Waals surface area contributed by atoms with Gasteiger partial charge in [0.25, 0.3) is 0 Å². The molecular weight excluding hydrogens is 370 g/mol. The van der Waals surface area contributed by atoms with Gasteiger partial charge in [0.1, 0.15) is 12.3 Å². The van der Waals surface area contributed by atoms with Crippen LogP contribution in [0.1, 0.15) is 11.3 Å². The molecule has 0 aliphatic carbocycles. The second-order valence-electron chi connectivity index (χ2n) is 5.72. The van der Waals surface area contributed by atoms with Crippen molar-refractivity contribution < 1.29 is 23.5 Å². The number of carbonyl (C=O) groups excluding carboxylic acids is 1. The average molecular weight is 388 g/mol. The zero-order valence-corrected chi connectivity index (χ0v) is 15.7. The number of hydrogen-bond acceptors (Lipinski definition) is 6. The molecule has 1 aromatic heterocycles. The maximum atomic E-state index is 12.0. The number of rotatable bonds is 7. The van der Waals surface area contributed by atoms with Crippen LogP contribution in [0.5, 0.6) is 11.5 Å². The molecule has 0 unspecified atom stereocenters. The van der Waals surface area contributed by atoms with E-state index >= 15 is 0 Å². The van der Waals surface area contributed by atoms with Gasteiger partial charge in [0.15, 0.2) is 17.3 Å². The van der Waals surface area contributed by atoms with Crippen LogP contribution in [-0.2, 0) is 22.6 Å². The SMILES string of the molecule is COc1ccc(-c2cc(COC(=O)Cc3ccc(Cl)cc3)no2)cc1OC. The Kier molecular flexibility index (Phi) is 5.98. The summed E-state index contributed by atoms with van der Waals surface area (Å²) in [5.41, 5.74) is 2.12. The summed E-state index contributed by atoms with van der Waals surface area (Å²) in [7, 11) is 3.13. The molecule has 0 aliphatic rings. The first-order valence-electron chi connectivity index (χ1n) is 8.17. The minimum atomic E-state index is -0.354. The third-order valence-corrected chi connectivity index (χ3v) is 4.12. The van der Waals surface area contributed by atoms with Crippen LogP contribution >= 0.6 is 11.6 Å². The van der Waals surface area contributed by atoms with Crippen LogP contribution < -0.4 is 9.47 Å². The third kappa shape index (κ3) is 4.80. The van der Waals surface area contributed by atoms with Crippen LogP contribution in [0, 0.1) is 0 Å². The number of carbonyl (C=O) groups is 1. The van der Waals surface area contributed by atoms with Crippen LogP contribution in [0.2, 0.25) is 5.02 Å².